The van der Waals surface area contributed by atoms with Crippen LogP contribution in [0.25, 0.3) is 0 Å². The van der Waals surface area contributed by atoms with E-state index in [1.807, 2.05) is 0 Å². The van der Waals surface area contributed by atoms with Crippen molar-refractivity contribution in [1.29, 1.82) is 0 Å². The second-order valence-electron chi connectivity index (χ2n) is 8.08. The lowest BCUT2D eigenvalue weighted by atomic mass is 9.93. The van der Waals surface area contributed by atoms with Crippen LogP contribution in [0.1, 0.15) is 43.7 Å². The Morgan fingerprint density at radius 2 is 1.88 bits per heavy atom. The molecular formula is C21H31N3O2. The zero-order valence-corrected chi connectivity index (χ0v) is 15.5. The van der Waals surface area contributed by atoms with Gasteiger partial charge in [-0.1, -0.05) is 30.3 Å². The van der Waals surface area contributed by atoms with E-state index in [0.29, 0.717) is 18.6 Å². The second-order valence-corrected chi connectivity index (χ2v) is 8.08. The van der Waals surface area contributed by atoms with Crippen LogP contribution in [0, 0.1) is 5.92 Å². The van der Waals surface area contributed by atoms with E-state index < -0.39 is 0 Å². The molecule has 26 heavy (non-hydrogen) atoms. The van der Waals surface area contributed by atoms with Gasteiger partial charge in [-0.3, -0.25) is 9.69 Å². The Labute approximate surface area is 156 Å². The number of nitrogens with zero attached hydrogens (tertiary/aromatic N) is 2. The molecule has 1 aromatic carbocycles. The number of nitrogens with one attached hydrogen (secondary N) is 1. The van der Waals surface area contributed by atoms with Crippen LogP contribution in [0.15, 0.2) is 30.3 Å². The number of fused-ring (bicyclic) bond motifs is 1. The van der Waals surface area contributed by atoms with Crippen molar-refractivity contribution >= 4 is 5.91 Å². The van der Waals surface area contributed by atoms with E-state index >= 15 is 0 Å². The van der Waals surface area contributed by atoms with Gasteiger partial charge in [-0.25, -0.2) is 0 Å². The first kappa shape index (κ1) is 18.0. The highest BCUT2D eigenvalue weighted by Crippen LogP contribution is 2.44. The van der Waals surface area contributed by atoms with Crippen molar-refractivity contribution in [1.82, 2.24) is 15.1 Å². The molecule has 5 nitrogen and oxygen atoms in total. The molecule has 3 atom stereocenters. The van der Waals surface area contributed by atoms with E-state index in [1.165, 1.54) is 12.0 Å². The maximum Gasteiger partial charge on any atom is 0.224 e. The summed E-state index contributed by atoms with van der Waals surface area (Å²) in [6.45, 7) is 4.60. The highest BCUT2D eigenvalue weighted by Gasteiger charge is 2.46. The van der Waals surface area contributed by atoms with Gasteiger partial charge in [-0.05, 0) is 44.2 Å². The van der Waals surface area contributed by atoms with Crippen molar-refractivity contribution in [2.24, 2.45) is 5.92 Å². The molecule has 3 saturated heterocycles. The zero-order valence-electron chi connectivity index (χ0n) is 15.5. The minimum Gasteiger partial charge on any atom is -0.393 e. The Hall–Kier alpha value is -1.43. The van der Waals surface area contributed by atoms with Gasteiger partial charge in [-0.15, -0.1) is 0 Å². The predicted octanol–water partition coefficient (Wildman–Crippen LogP) is 1.78. The molecule has 3 heterocycles. The summed E-state index contributed by atoms with van der Waals surface area (Å²) in [5.74, 6) is 0.350. The first-order valence-electron chi connectivity index (χ1n) is 10.2. The van der Waals surface area contributed by atoms with Crippen LogP contribution in [-0.4, -0.2) is 65.7 Å². The molecule has 5 heteroatoms. The molecule has 0 unspecified atom stereocenters. The summed E-state index contributed by atoms with van der Waals surface area (Å²) in [6.07, 6.45) is 4.86. The molecule has 1 amide bonds. The molecule has 0 aromatic heterocycles. The summed E-state index contributed by atoms with van der Waals surface area (Å²) in [5.41, 5.74) is 1.35. The van der Waals surface area contributed by atoms with E-state index in [4.69, 9.17) is 0 Å². The van der Waals surface area contributed by atoms with Crippen molar-refractivity contribution in [2.75, 3.05) is 32.7 Å². The normalized spacial score (nSPS) is 30.4. The smallest absolute Gasteiger partial charge is 0.224 e. The number of hydrogen-bond donors (Lipinski definition) is 2. The summed E-state index contributed by atoms with van der Waals surface area (Å²) < 4.78 is 0. The number of carbonyl (C=O) groups excluding carboxylic acids is 1. The molecular weight excluding hydrogens is 326 g/mol. The minimum absolute atomic E-state index is 0.117. The van der Waals surface area contributed by atoms with Crippen molar-refractivity contribution in [3.05, 3.63) is 35.9 Å². The predicted molar refractivity (Wildman–Crippen MR) is 102 cm³/mol. The lowest BCUT2D eigenvalue weighted by Gasteiger charge is -2.29. The fourth-order valence-corrected chi connectivity index (χ4v) is 5.06. The summed E-state index contributed by atoms with van der Waals surface area (Å²) >= 11 is 0. The SMILES string of the molecule is O=C(NCCN1CCC(O)CC1)[C@H]1C[C@@H](c2ccccc2)N2CCC[C@H]12. The molecule has 3 aliphatic rings. The van der Waals surface area contributed by atoms with E-state index in [1.54, 1.807) is 0 Å². The number of benzene rings is 1. The molecule has 0 saturated carbocycles. The van der Waals surface area contributed by atoms with Crippen LogP contribution in [0.4, 0.5) is 0 Å². The molecule has 142 valence electrons. The molecule has 0 bridgehead atoms. The van der Waals surface area contributed by atoms with Gasteiger partial charge in [0.1, 0.15) is 0 Å². The summed E-state index contributed by atoms with van der Waals surface area (Å²) in [4.78, 5) is 17.8. The lowest BCUT2D eigenvalue weighted by molar-refractivity contribution is -0.125. The summed E-state index contributed by atoms with van der Waals surface area (Å²) in [6, 6.07) is 11.5. The Morgan fingerprint density at radius 1 is 1.12 bits per heavy atom. The second kappa shape index (κ2) is 8.07. The molecule has 0 aliphatic carbocycles. The quantitative estimate of drug-likeness (QED) is 0.844. The summed E-state index contributed by atoms with van der Waals surface area (Å²) in [5, 5.41) is 12.8. The maximum absolute atomic E-state index is 12.9. The minimum atomic E-state index is -0.136. The monoisotopic (exact) mass is 357 g/mol. The third-order valence-corrected chi connectivity index (χ3v) is 6.49. The van der Waals surface area contributed by atoms with Crippen LogP contribution in [0.2, 0.25) is 0 Å². The number of aliphatic hydroxyl groups excluding tert-OH is 1. The Bertz CT molecular complexity index is 601. The Morgan fingerprint density at radius 3 is 2.65 bits per heavy atom. The average molecular weight is 357 g/mol. The first-order valence-corrected chi connectivity index (χ1v) is 10.2. The zero-order chi connectivity index (χ0) is 17.9. The standard InChI is InChI=1S/C21H31N3O2/c25-17-8-12-23(13-9-17)14-10-22-21(26)18-15-20(16-5-2-1-3-6-16)24-11-4-7-19(18)24/h1-3,5-6,17-20,25H,4,7-15H2,(H,22,26)/t18-,19+,20-/m0/s1. The molecule has 3 fully saturated rings. The number of aliphatic hydroxyl groups is 1. The third-order valence-electron chi connectivity index (χ3n) is 6.49. The van der Waals surface area contributed by atoms with E-state index in [0.717, 1.165) is 51.9 Å². The number of rotatable bonds is 5. The van der Waals surface area contributed by atoms with E-state index in [2.05, 4.69) is 45.4 Å². The van der Waals surface area contributed by atoms with Crippen molar-refractivity contribution in [2.45, 2.75) is 50.3 Å². The molecule has 2 N–H and O–H groups in total. The number of piperidine rings is 1. The fourth-order valence-electron chi connectivity index (χ4n) is 5.06. The van der Waals surface area contributed by atoms with Gasteiger partial charge in [0, 0.05) is 38.3 Å². The number of carbonyl (C=O) groups is 1. The third kappa shape index (κ3) is 3.80. The lowest BCUT2D eigenvalue weighted by Crippen LogP contribution is -2.43. The summed E-state index contributed by atoms with van der Waals surface area (Å²) in [7, 11) is 0. The van der Waals surface area contributed by atoms with Gasteiger partial charge in [0.05, 0.1) is 12.0 Å². The van der Waals surface area contributed by atoms with Gasteiger partial charge < -0.3 is 15.3 Å². The molecule has 0 spiro atoms. The molecule has 4 rings (SSSR count). The first-order chi connectivity index (χ1) is 12.7. The van der Waals surface area contributed by atoms with Gasteiger partial charge in [0.15, 0.2) is 0 Å². The van der Waals surface area contributed by atoms with Gasteiger partial charge in [-0.2, -0.15) is 0 Å². The number of hydrogen-bond acceptors (Lipinski definition) is 4. The van der Waals surface area contributed by atoms with Gasteiger partial charge in [0.2, 0.25) is 5.91 Å². The van der Waals surface area contributed by atoms with Crippen molar-refractivity contribution in [3.8, 4) is 0 Å². The molecule has 0 radical (unpaired) electrons. The van der Waals surface area contributed by atoms with Gasteiger partial charge in [0.25, 0.3) is 0 Å². The Balaban J connectivity index is 1.31. The van der Waals surface area contributed by atoms with Crippen LogP contribution in [-0.2, 0) is 4.79 Å². The van der Waals surface area contributed by atoms with Crippen LogP contribution in [0.3, 0.4) is 0 Å². The molecule has 1 aromatic rings. The van der Waals surface area contributed by atoms with E-state index in [-0.39, 0.29) is 17.9 Å². The number of amides is 1. The number of likely N-dealkylation sites (tertiary alicyclic amines) is 1. The molecule has 3 aliphatic heterocycles. The van der Waals surface area contributed by atoms with E-state index in [9.17, 15) is 9.90 Å². The van der Waals surface area contributed by atoms with Crippen LogP contribution in [0.5, 0.6) is 0 Å². The largest absolute Gasteiger partial charge is 0.393 e. The average Bonchev–Trinajstić information content (AvgIpc) is 3.26. The van der Waals surface area contributed by atoms with Gasteiger partial charge >= 0.3 is 0 Å². The topological polar surface area (TPSA) is 55.8 Å². The maximum atomic E-state index is 12.9. The van der Waals surface area contributed by atoms with Crippen molar-refractivity contribution < 1.29 is 9.90 Å². The Kier molecular flexibility index (Phi) is 5.57. The highest BCUT2D eigenvalue weighted by molar-refractivity contribution is 5.80. The highest BCUT2D eigenvalue weighted by atomic mass is 16.3. The van der Waals surface area contributed by atoms with Crippen LogP contribution >= 0.6 is 0 Å². The fraction of sp³-hybridized carbons (Fsp3) is 0.667. The van der Waals surface area contributed by atoms with Crippen LogP contribution < -0.4 is 5.32 Å². The van der Waals surface area contributed by atoms with Crippen molar-refractivity contribution in [3.63, 3.8) is 0 Å².